The number of carbonyl (C=O) groups is 2. The highest BCUT2D eigenvalue weighted by molar-refractivity contribution is 5.84. The van der Waals surface area contributed by atoms with Crippen LogP contribution in [0, 0.1) is 0 Å². The summed E-state index contributed by atoms with van der Waals surface area (Å²) >= 11 is 0. The molecule has 1 saturated heterocycles. The summed E-state index contributed by atoms with van der Waals surface area (Å²) < 4.78 is 37.3. The van der Waals surface area contributed by atoms with E-state index >= 15 is 0 Å². The van der Waals surface area contributed by atoms with Crippen molar-refractivity contribution in [2.75, 3.05) is 19.6 Å². The number of carbonyl (C=O) groups excluding carboxylic acids is 2. The highest BCUT2D eigenvalue weighted by Gasteiger charge is 2.29. The largest absolute Gasteiger partial charge is 0.416 e. The summed E-state index contributed by atoms with van der Waals surface area (Å²) in [6.07, 6.45) is -2.42. The Bertz CT molecular complexity index is 552. The molecular formula is C15H18F3N3O2. The van der Waals surface area contributed by atoms with Crippen LogP contribution in [0.3, 0.4) is 0 Å². The second kappa shape index (κ2) is 7.34. The molecule has 1 aromatic carbocycles. The number of nitrogens with one attached hydrogen (secondary N) is 2. The van der Waals surface area contributed by atoms with Gasteiger partial charge in [-0.2, -0.15) is 13.2 Å². The Morgan fingerprint density at radius 1 is 1.04 bits per heavy atom. The van der Waals surface area contributed by atoms with Gasteiger partial charge in [0.05, 0.1) is 12.1 Å². The van der Waals surface area contributed by atoms with Crippen LogP contribution in [-0.2, 0) is 17.5 Å². The van der Waals surface area contributed by atoms with Crippen molar-refractivity contribution in [3.63, 3.8) is 0 Å². The number of likely N-dealkylation sites (tertiary alicyclic amines) is 1. The Morgan fingerprint density at radius 3 is 2.22 bits per heavy atom. The van der Waals surface area contributed by atoms with Crippen LogP contribution in [0.1, 0.15) is 24.0 Å². The van der Waals surface area contributed by atoms with E-state index in [0.717, 1.165) is 25.0 Å². The van der Waals surface area contributed by atoms with Crippen molar-refractivity contribution in [2.45, 2.75) is 25.6 Å². The van der Waals surface area contributed by atoms with Gasteiger partial charge in [0.25, 0.3) is 0 Å². The topological polar surface area (TPSA) is 61.4 Å². The minimum Gasteiger partial charge on any atom is -0.341 e. The third kappa shape index (κ3) is 5.15. The summed E-state index contributed by atoms with van der Waals surface area (Å²) in [5, 5.41) is 4.95. The zero-order valence-corrected chi connectivity index (χ0v) is 12.4. The smallest absolute Gasteiger partial charge is 0.341 e. The summed E-state index contributed by atoms with van der Waals surface area (Å²) in [6, 6.07) is 4.01. The molecule has 0 aromatic heterocycles. The zero-order valence-electron chi connectivity index (χ0n) is 12.4. The molecular weight excluding hydrogens is 311 g/mol. The first kappa shape index (κ1) is 17.1. The quantitative estimate of drug-likeness (QED) is 0.889. The molecule has 8 heteroatoms. The minimum atomic E-state index is -4.38. The highest BCUT2D eigenvalue weighted by Crippen LogP contribution is 2.28. The number of benzene rings is 1. The lowest BCUT2D eigenvalue weighted by Gasteiger charge is -2.15. The molecule has 0 saturated carbocycles. The van der Waals surface area contributed by atoms with Gasteiger partial charge in [0, 0.05) is 19.6 Å². The molecule has 1 aromatic rings. The van der Waals surface area contributed by atoms with E-state index in [0.29, 0.717) is 18.7 Å². The highest BCUT2D eigenvalue weighted by atomic mass is 19.4. The van der Waals surface area contributed by atoms with Gasteiger partial charge < -0.3 is 15.5 Å². The van der Waals surface area contributed by atoms with Crippen molar-refractivity contribution in [1.29, 1.82) is 0 Å². The predicted octanol–water partition coefficient (Wildman–Crippen LogP) is 2.13. The van der Waals surface area contributed by atoms with Crippen molar-refractivity contribution in [3.8, 4) is 0 Å². The van der Waals surface area contributed by atoms with Gasteiger partial charge in [-0.25, -0.2) is 4.79 Å². The molecule has 0 atom stereocenters. The molecule has 3 amide bonds. The fourth-order valence-corrected chi connectivity index (χ4v) is 2.29. The van der Waals surface area contributed by atoms with Crippen LogP contribution in [0.15, 0.2) is 24.3 Å². The van der Waals surface area contributed by atoms with Crippen molar-refractivity contribution < 1.29 is 22.8 Å². The average molecular weight is 329 g/mol. The van der Waals surface area contributed by atoms with Crippen LogP contribution in [0.5, 0.6) is 0 Å². The summed E-state index contributed by atoms with van der Waals surface area (Å²) in [6.45, 7) is 1.43. The molecule has 1 aliphatic heterocycles. The third-order valence-corrected chi connectivity index (χ3v) is 3.59. The number of amides is 3. The van der Waals surface area contributed by atoms with Gasteiger partial charge in [-0.15, -0.1) is 0 Å². The average Bonchev–Trinajstić information content (AvgIpc) is 3.04. The zero-order chi connectivity index (χ0) is 16.9. The van der Waals surface area contributed by atoms with Crippen LogP contribution >= 0.6 is 0 Å². The fourth-order valence-electron chi connectivity index (χ4n) is 2.29. The number of urea groups is 1. The maximum Gasteiger partial charge on any atom is 0.416 e. The van der Waals surface area contributed by atoms with Gasteiger partial charge in [-0.05, 0) is 30.5 Å². The first-order valence-electron chi connectivity index (χ1n) is 7.32. The number of rotatable bonds is 4. The van der Waals surface area contributed by atoms with Crippen LogP contribution < -0.4 is 10.6 Å². The SMILES string of the molecule is O=C(NCC(=O)N1CCCC1)NCc1ccc(C(F)(F)F)cc1. The Labute approximate surface area is 131 Å². The van der Waals surface area contributed by atoms with Crippen molar-refractivity contribution in [3.05, 3.63) is 35.4 Å². The van der Waals surface area contributed by atoms with Crippen molar-refractivity contribution in [2.24, 2.45) is 0 Å². The molecule has 2 N–H and O–H groups in total. The first-order chi connectivity index (χ1) is 10.9. The number of nitrogens with zero attached hydrogens (tertiary/aromatic N) is 1. The Hall–Kier alpha value is -2.25. The lowest BCUT2D eigenvalue weighted by molar-refractivity contribution is -0.137. The summed E-state index contributed by atoms with van der Waals surface area (Å²) in [5.41, 5.74) is -0.194. The molecule has 126 valence electrons. The second-order valence-corrected chi connectivity index (χ2v) is 5.32. The summed E-state index contributed by atoms with van der Waals surface area (Å²) in [4.78, 5) is 25.0. The van der Waals surface area contributed by atoms with E-state index in [1.165, 1.54) is 12.1 Å². The number of halogens is 3. The standard InChI is InChI=1S/C15H18F3N3O2/c16-15(17,18)12-5-3-11(4-6-12)9-19-14(23)20-10-13(22)21-7-1-2-8-21/h3-6H,1-2,7-10H2,(H2,19,20,23). The molecule has 1 aliphatic rings. The van der Waals surface area contributed by atoms with E-state index in [1.807, 2.05) is 0 Å². The van der Waals surface area contributed by atoms with E-state index in [2.05, 4.69) is 10.6 Å². The summed E-state index contributed by atoms with van der Waals surface area (Å²) in [7, 11) is 0. The maximum absolute atomic E-state index is 12.4. The lowest BCUT2D eigenvalue weighted by Crippen LogP contribution is -2.42. The molecule has 0 aliphatic carbocycles. The summed E-state index contributed by atoms with van der Waals surface area (Å²) in [5.74, 6) is -0.132. The van der Waals surface area contributed by atoms with Gasteiger partial charge in [0.15, 0.2) is 0 Å². The predicted molar refractivity (Wildman–Crippen MR) is 77.5 cm³/mol. The second-order valence-electron chi connectivity index (χ2n) is 5.32. The van der Waals surface area contributed by atoms with E-state index in [4.69, 9.17) is 0 Å². The molecule has 0 spiro atoms. The maximum atomic E-state index is 12.4. The Kier molecular flexibility index (Phi) is 5.46. The lowest BCUT2D eigenvalue weighted by atomic mass is 10.1. The van der Waals surface area contributed by atoms with Crippen LogP contribution in [0.4, 0.5) is 18.0 Å². The molecule has 0 radical (unpaired) electrons. The normalized spacial score (nSPS) is 14.7. The van der Waals surface area contributed by atoms with Gasteiger partial charge in [-0.1, -0.05) is 12.1 Å². The van der Waals surface area contributed by atoms with Crippen LogP contribution in [-0.4, -0.2) is 36.5 Å². The number of alkyl halides is 3. The molecule has 23 heavy (non-hydrogen) atoms. The molecule has 2 rings (SSSR count). The Morgan fingerprint density at radius 2 is 1.65 bits per heavy atom. The minimum absolute atomic E-state index is 0.0845. The van der Waals surface area contributed by atoms with Gasteiger partial charge in [0.1, 0.15) is 0 Å². The van der Waals surface area contributed by atoms with Crippen LogP contribution in [0.2, 0.25) is 0 Å². The number of hydrogen-bond acceptors (Lipinski definition) is 2. The van der Waals surface area contributed by atoms with E-state index < -0.39 is 17.8 Å². The van der Waals surface area contributed by atoms with Crippen molar-refractivity contribution >= 4 is 11.9 Å². The number of hydrogen-bond donors (Lipinski definition) is 2. The van der Waals surface area contributed by atoms with E-state index in [1.54, 1.807) is 4.90 Å². The molecule has 1 fully saturated rings. The van der Waals surface area contributed by atoms with Crippen molar-refractivity contribution in [1.82, 2.24) is 15.5 Å². The van der Waals surface area contributed by atoms with E-state index in [-0.39, 0.29) is 19.0 Å². The van der Waals surface area contributed by atoms with Gasteiger partial charge in [-0.3, -0.25) is 4.79 Å². The first-order valence-corrected chi connectivity index (χ1v) is 7.32. The Balaban J connectivity index is 1.72. The molecule has 0 bridgehead atoms. The van der Waals surface area contributed by atoms with Crippen LogP contribution in [0.25, 0.3) is 0 Å². The molecule has 0 unspecified atom stereocenters. The monoisotopic (exact) mass is 329 g/mol. The van der Waals surface area contributed by atoms with Gasteiger partial charge >= 0.3 is 12.2 Å². The van der Waals surface area contributed by atoms with E-state index in [9.17, 15) is 22.8 Å². The fraction of sp³-hybridized carbons (Fsp3) is 0.467. The van der Waals surface area contributed by atoms with Gasteiger partial charge in [0.2, 0.25) is 5.91 Å². The molecule has 1 heterocycles. The molecule has 5 nitrogen and oxygen atoms in total. The third-order valence-electron chi connectivity index (χ3n) is 3.59.